The lowest BCUT2D eigenvalue weighted by Gasteiger charge is -2.20. The van der Waals surface area contributed by atoms with Gasteiger partial charge in [-0.15, -0.1) is 11.3 Å². The summed E-state index contributed by atoms with van der Waals surface area (Å²) < 4.78 is 0.842. The molecule has 0 bridgehead atoms. The molecular weight excluding hydrogens is 266 g/mol. The first-order chi connectivity index (χ1) is 8.75. The summed E-state index contributed by atoms with van der Waals surface area (Å²) in [6.07, 6.45) is 6.02. The van der Waals surface area contributed by atoms with Crippen LogP contribution in [-0.2, 0) is 6.42 Å². The Labute approximate surface area is 118 Å². The van der Waals surface area contributed by atoms with E-state index in [1.165, 1.54) is 30.6 Å². The first kappa shape index (κ1) is 13.7. The molecule has 0 saturated carbocycles. The van der Waals surface area contributed by atoms with Gasteiger partial charge in [-0.05, 0) is 25.0 Å². The van der Waals surface area contributed by atoms with Gasteiger partial charge in [0.1, 0.15) is 0 Å². The Morgan fingerprint density at radius 3 is 2.61 bits per heavy atom. The molecule has 3 nitrogen and oxygen atoms in total. The molecule has 0 radical (unpaired) electrons. The van der Waals surface area contributed by atoms with Gasteiger partial charge < -0.3 is 10.6 Å². The highest BCUT2D eigenvalue weighted by atomic mass is 35.5. The molecule has 1 aliphatic rings. The lowest BCUT2D eigenvalue weighted by molar-refractivity contribution is 0.428. The summed E-state index contributed by atoms with van der Waals surface area (Å²) in [5, 5.41) is 0. The smallest absolute Gasteiger partial charge is 0.191 e. The predicted octanol–water partition coefficient (Wildman–Crippen LogP) is 3.13. The first-order valence-electron chi connectivity index (χ1n) is 6.55. The van der Waals surface area contributed by atoms with Crippen molar-refractivity contribution in [3.05, 3.63) is 21.3 Å². The minimum Gasteiger partial charge on any atom is -0.370 e. The van der Waals surface area contributed by atoms with Crippen LogP contribution in [0.3, 0.4) is 0 Å². The zero-order valence-corrected chi connectivity index (χ0v) is 12.1. The zero-order valence-electron chi connectivity index (χ0n) is 10.6. The van der Waals surface area contributed by atoms with Gasteiger partial charge in [-0.25, -0.2) is 0 Å². The largest absolute Gasteiger partial charge is 0.370 e. The molecule has 2 N–H and O–H groups in total. The van der Waals surface area contributed by atoms with Gasteiger partial charge in [-0.1, -0.05) is 24.4 Å². The van der Waals surface area contributed by atoms with Crippen LogP contribution >= 0.6 is 22.9 Å². The van der Waals surface area contributed by atoms with Crippen molar-refractivity contribution in [3.63, 3.8) is 0 Å². The maximum Gasteiger partial charge on any atom is 0.191 e. The SMILES string of the molecule is NC(=NCCc1ccc(Cl)s1)N1CCCCCC1. The molecule has 1 aliphatic heterocycles. The van der Waals surface area contributed by atoms with E-state index in [0.29, 0.717) is 5.96 Å². The summed E-state index contributed by atoms with van der Waals surface area (Å²) >= 11 is 7.51. The molecule has 1 saturated heterocycles. The van der Waals surface area contributed by atoms with Crippen LogP contribution in [-0.4, -0.2) is 30.5 Å². The third-order valence-electron chi connectivity index (χ3n) is 3.19. The molecule has 2 heterocycles. The number of nitrogens with zero attached hydrogens (tertiary/aromatic N) is 2. The summed E-state index contributed by atoms with van der Waals surface area (Å²) in [7, 11) is 0. The van der Waals surface area contributed by atoms with Gasteiger partial charge in [0.05, 0.1) is 4.34 Å². The standard InChI is InChI=1S/C13H20ClN3S/c14-12-6-5-11(18-12)7-8-16-13(15)17-9-3-1-2-4-10-17/h5-6H,1-4,7-10H2,(H2,15,16). The summed E-state index contributed by atoms with van der Waals surface area (Å²) in [6, 6.07) is 3.99. The number of likely N-dealkylation sites (tertiary alicyclic amines) is 1. The van der Waals surface area contributed by atoms with E-state index in [-0.39, 0.29) is 0 Å². The Bertz CT molecular complexity index is 395. The summed E-state index contributed by atoms with van der Waals surface area (Å²) in [4.78, 5) is 7.97. The van der Waals surface area contributed by atoms with Crippen molar-refractivity contribution in [2.45, 2.75) is 32.1 Å². The average molecular weight is 286 g/mol. The first-order valence-corrected chi connectivity index (χ1v) is 7.74. The molecule has 0 aromatic carbocycles. The van der Waals surface area contributed by atoms with Gasteiger partial charge in [0, 0.05) is 30.9 Å². The van der Waals surface area contributed by atoms with E-state index in [0.717, 1.165) is 30.4 Å². The van der Waals surface area contributed by atoms with Gasteiger partial charge in [0.2, 0.25) is 0 Å². The van der Waals surface area contributed by atoms with Crippen molar-refractivity contribution in [3.8, 4) is 0 Å². The van der Waals surface area contributed by atoms with Gasteiger partial charge in [-0.2, -0.15) is 0 Å². The van der Waals surface area contributed by atoms with Gasteiger partial charge in [-0.3, -0.25) is 4.99 Å². The molecule has 18 heavy (non-hydrogen) atoms. The predicted molar refractivity (Wildman–Crippen MR) is 79.6 cm³/mol. The molecule has 1 aromatic rings. The van der Waals surface area contributed by atoms with E-state index in [4.69, 9.17) is 17.3 Å². The van der Waals surface area contributed by atoms with Crippen LogP contribution in [0.2, 0.25) is 4.34 Å². The number of rotatable bonds is 3. The lowest BCUT2D eigenvalue weighted by Crippen LogP contribution is -2.38. The molecule has 0 aliphatic carbocycles. The van der Waals surface area contributed by atoms with Crippen LogP contribution in [0, 0.1) is 0 Å². The normalized spacial score (nSPS) is 17.8. The van der Waals surface area contributed by atoms with Crippen LogP contribution in [0.4, 0.5) is 0 Å². The molecule has 5 heteroatoms. The second-order valence-electron chi connectivity index (χ2n) is 4.60. The zero-order chi connectivity index (χ0) is 12.8. The minimum atomic E-state index is 0.708. The highest BCUT2D eigenvalue weighted by Crippen LogP contribution is 2.21. The van der Waals surface area contributed by atoms with E-state index in [9.17, 15) is 0 Å². The molecule has 100 valence electrons. The summed E-state index contributed by atoms with van der Waals surface area (Å²) in [5.41, 5.74) is 6.04. The van der Waals surface area contributed by atoms with Gasteiger partial charge in [0.15, 0.2) is 5.96 Å². The van der Waals surface area contributed by atoms with Gasteiger partial charge in [0.25, 0.3) is 0 Å². The van der Waals surface area contributed by atoms with Crippen molar-refractivity contribution in [2.24, 2.45) is 10.7 Å². The highest BCUT2D eigenvalue weighted by molar-refractivity contribution is 7.16. The monoisotopic (exact) mass is 285 g/mol. The number of halogens is 1. The van der Waals surface area contributed by atoms with E-state index < -0.39 is 0 Å². The molecule has 0 atom stereocenters. The fourth-order valence-corrected chi connectivity index (χ4v) is 3.24. The molecule has 2 rings (SSSR count). The number of nitrogens with two attached hydrogens (primary N) is 1. The Balaban J connectivity index is 1.80. The highest BCUT2D eigenvalue weighted by Gasteiger charge is 2.10. The van der Waals surface area contributed by atoms with Crippen molar-refractivity contribution < 1.29 is 0 Å². The van der Waals surface area contributed by atoms with E-state index >= 15 is 0 Å². The van der Waals surface area contributed by atoms with Crippen molar-refractivity contribution in [2.75, 3.05) is 19.6 Å². The van der Waals surface area contributed by atoms with Crippen molar-refractivity contribution >= 4 is 28.9 Å². The Morgan fingerprint density at radius 2 is 2.00 bits per heavy atom. The summed E-state index contributed by atoms with van der Waals surface area (Å²) in [5.74, 6) is 0.708. The van der Waals surface area contributed by atoms with Crippen LogP contribution in [0.15, 0.2) is 17.1 Å². The summed E-state index contributed by atoms with van der Waals surface area (Å²) in [6.45, 7) is 2.86. The van der Waals surface area contributed by atoms with E-state index in [2.05, 4.69) is 16.0 Å². The molecule has 0 spiro atoms. The molecular formula is C13H20ClN3S. The van der Waals surface area contributed by atoms with Crippen LogP contribution in [0.25, 0.3) is 0 Å². The third-order valence-corrected chi connectivity index (χ3v) is 4.48. The van der Waals surface area contributed by atoms with Crippen LogP contribution < -0.4 is 5.73 Å². The number of aliphatic imine (C=N–C) groups is 1. The second kappa shape index (κ2) is 7.00. The van der Waals surface area contributed by atoms with Crippen LogP contribution in [0.1, 0.15) is 30.6 Å². The fraction of sp³-hybridized carbons (Fsp3) is 0.615. The topological polar surface area (TPSA) is 41.6 Å². The average Bonchev–Trinajstić information content (AvgIpc) is 2.63. The van der Waals surface area contributed by atoms with Crippen LogP contribution in [0.5, 0.6) is 0 Å². The molecule has 1 fully saturated rings. The Morgan fingerprint density at radius 1 is 1.28 bits per heavy atom. The maximum absolute atomic E-state index is 6.04. The fourth-order valence-electron chi connectivity index (χ4n) is 2.17. The Hall–Kier alpha value is -0.740. The quantitative estimate of drug-likeness (QED) is 0.685. The number of hydrogen-bond acceptors (Lipinski definition) is 2. The molecule has 0 amide bonds. The van der Waals surface area contributed by atoms with E-state index in [1.807, 2.05) is 6.07 Å². The second-order valence-corrected chi connectivity index (χ2v) is 6.40. The number of hydrogen-bond donors (Lipinski definition) is 1. The number of guanidine groups is 1. The maximum atomic E-state index is 6.04. The molecule has 0 unspecified atom stereocenters. The van der Waals surface area contributed by atoms with E-state index in [1.54, 1.807) is 11.3 Å². The van der Waals surface area contributed by atoms with Crippen molar-refractivity contribution in [1.29, 1.82) is 0 Å². The minimum absolute atomic E-state index is 0.708. The Kier molecular flexibility index (Phi) is 5.32. The third kappa shape index (κ3) is 4.18. The van der Waals surface area contributed by atoms with Crippen molar-refractivity contribution in [1.82, 2.24) is 4.90 Å². The number of thiophene rings is 1. The molecule has 1 aromatic heterocycles. The van der Waals surface area contributed by atoms with Gasteiger partial charge >= 0.3 is 0 Å². The lowest BCUT2D eigenvalue weighted by atomic mass is 10.2.